The number of nitrogens with zero attached hydrogens (tertiary/aromatic N) is 3. The van der Waals surface area contributed by atoms with Crippen molar-refractivity contribution in [2.45, 2.75) is 26.3 Å². The maximum Gasteiger partial charge on any atom is 0.267 e. The summed E-state index contributed by atoms with van der Waals surface area (Å²) in [7, 11) is 0. The van der Waals surface area contributed by atoms with Gasteiger partial charge in [-0.2, -0.15) is 5.10 Å². The number of fused-ring (bicyclic) bond motifs is 1. The first kappa shape index (κ1) is 17.3. The molecule has 1 aliphatic heterocycles. The highest BCUT2D eigenvalue weighted by Crippen LogP contribution is 2.20. The molecule has 7 nitrogen and oxygen atoms in total. The van der Waals surface area contributed by atoms with Crippen LogP contribution in [0.25, 0.3) is 10.9 Å². The van der Waals surface area contributed by atoms with E-state index in [1.54, 1.807) is 6.07 Å². The van der Waals surface area contributed by atoms with Gasteiger partial charge in [-0.1, -0.05) is 13.0 Å². The number of rotatable bonds is 4. The highest BCUT2D eigenvalue weighted by molar-refractivity contribution is 5.93. The first-order valence-electron chi connectivity index (χ1n) is 9.28. The number of benzene rings is 1. The van der Waals surface area contributed by atoms with E-state index in [4.69, 9.17) is 0 Å². The lowest BCUT2D eigenvalue weighted by Crippen LogP contribution is -2.36. The van der Waals surface area contributed by atoms with Gasteiger partial charge in [0.05, 0.1) is 0 Å². The fraction of sp³-hybridized carbons (Fsp3) is 0.350. The number of nitrogens with one attached hydrogen (secondary N) is 2. The van der Waals surface area contributed by atoms with Gasteiger partial charge in [-0.05, 0) is 48.4 Å². The summed E-state index contributed by atoms with van der Waals surface area (Å²) in [5.41, 5.74) is 1.35. The number of piperidine rings is 1. The minimum atomic E-state index is -0.279. The van der Waals surface area contributed by atoms with Crippen LogP contribution < -0.4 is 15.8 Å². The van der Waals surface area contributed by atoms with Crippen molar-refractivity contribution < 1.29 is 4.79 Å². The second-order valence-electron chi connectivity index (χ2n) is 7.18. The summed E-state index contributed by atoms with van der Waals surface area (Å²) in [6.45, 7) is 3.99. The molecule has 7 heteroatoms. The highest BCUT2D eigenvalue weighted by Gasteiger charge is 2.18. The maximum atomic E-state index is 12.4. The summed E-state index contributed by atoms with van der Waals surface area (Å²) >= 11 is 0. The van der Waals surface area contributed by atoms with Crippen molar-refractivity contribution in [2.24, 2.45) is 5.92 Å². The smallest absolute Gasteiger partial charge is 0.267 e. The molecule has 0 atom stereocenters. The molecular formula is C20H23N5O2. The lowest BCUT2D eigenvalue weighted by Gasteiger charge is -2.31. The molecule has 1 aromatic carbocycles. The minimum absolute atomic E-state index is 0.111. The highest BCUT2D eigenvalue weighted by atomic mass is 16.2. The molecule has 1 fully saturated rings. The predicted octanol–water partition coefficient (Wildman–Crippen LogP) is 2.60. The van der Waals surface area contributed by atoms with Crippen LogP contribution in [0.15, 0.2) is 47.4 Å². The largest absolute Gasteiger partial charge is 0.361 e. The van der Waals surface area contributed by atoms with Crippen LogP contribution in [0.2, 0.25) is 0 Å². The molecule has 3 heterocycles. The van der Waals surface area contributed by atoms with Gasteiger partial charge in [0.2, 0.25) is 5.91 Å². The van der Waals surface area contributed by atoms with Gasteiger partial charge < -0.3 is 15.2 Å². The van der Waals surface area contributed by atoms with Crippen LogP contribution in [-0.2, 0) is 11.3 Å². The van der Waals surface area contributed by atoms with Gasteiger partial charge in [0.15, 0.2) is 0 Å². The first-order chi connectivity index (χ1) is 13.1. The molecule has 0 radical (unpaired) electrons. The van der Waals surface area contributed by atoms with Crippen LogP contribution in [0.5, 0.6) is 0 Å². The predicted molar refractivity (Wildman–Crippen MR) is 106 cm³/mol. The summed E-state index contributed by atoms with van der Waals surface area (Å²) in [6.07, 6.45) is 4.08. The third-order valence-corrected chi connectivity index (χ3v) is 5.09. The molecule has 4 rings (SSSR count). The fourth-order valence-electron chi connectivity index (χ4n) is 3.42. The van der Waals surface area contributed by atoms with E-state index in [-0.39, 0.29) is 18.0 Å². The van der Waals surface area contributed by atoms with Crippen molar-refractivity contribution >= 4 is 28.3 Å². The van der Waals surface area contributed by atoms with E-state index in [0.29, 0.717) is 5.69 Å². The van der Waals surface area contributed by atoms with Gasteiger partial charge in [0, 0.05) is 36.6 Å². The lowest BCUT2D eigenvalue weighted by atomic mass is 9.99. The van der Waals surface area contributed by atoms with Crippen LogP contribution >= 0.6 is 0 Å². The van der Waals surface area contributed by atoms with E-state index in [1.807, 2.05) is 30.5 Å². The van der Waals surface area contributed by atoms with Crippen LogP contribution in [0, 0.1) is 5.92 Å². The van der Waals surface area contributed by atoms with Crippen LogP contribution in [0.1, 0.15) is 19.8 Å². The van der Waals surface area contributed by atoms with Crippen LogP contribution in [0.3, 0.4) is 0 Å². The molecule has 140 valence electrons. The quantitative estimate of drug-likeness (QED) is 0.744. The second kappa shape index (κ2) is 7.26. The van der Waals surface area contributed by atoms with Crippen molar-refractivity contribution in [3.8, 4) is 0 Å². The van der Waals surface area contributed by atoms with Crippen molar-refractivity contribution in [2.75, 3.05) is 23.3 Å². The van der Waals surface area contributed by atoms with E-state index in [2.05, 4.69) is 27.2 Å². The lowest BCUT2D eigenvalue weighted by molar-refractivity contribution is -0.117. The molecule has 2 N–H and O–H groups in total. The summed E-state index contributed by atoms with van der Waals surface area (Å²) < 4.78 is 1.23. The molecule has 0 aliphatic carbocycles. The Morgan fingerprint density at radius 1 is 1.22 bits per heavy atom. The van der Waals surface area contributed by atoms with Gasteiger partial charge >= 0.3 is 0 Å². The fourth-order valence-corrected chi connectivity index (χ4v) is 3.42. The van der Waals surface area contributed by atoms with Crippen molar-refractivity contribution in [1.82, 2.24) is 14.8 Å². The number of anilines is 2. The Kier molecular flexibility index (Phi) is 4.66. The third-order valence-electron chi connectivity index (χ3n) is 5.09. The summed E-state index contributed by atoms with van der Waals surface area (Å²) in [5, 5.41) is 8.32. The van der Waals surface area contributed by atoms with E-state index in [9.17, 15) is 9.59 Å². The van der Waals surface area contributed by atoms with Crippen molar-refractivity contribution in [3.05, 3.63) is 52.9 Å². The Labute approximate surface area is 157 Å². The average molecular weight is 365 g/mol. The number of hydrogen-bond donors (Lipinski definition) is 2. The van der Waals surface area contributed by atoms with Crippen LogP contribution in [0.4, 0.5) is 11.5 Å². The third kappa shape index (κ3) is 3.86. The summed E-state index contributed by atoms with van der Waals surface area (Å²) in [5.74, 6) is 1.19. The Morgan fingerprint density at radius 3 is 2.85 bits per heavy atom. The Balaban J connectivity index is 1.47. The standard InChI is InChI=1S/C20H23N5O2/c1-14-7-10-24(11-8-14)18-4-5-20(27)25(23-18)13-19(26)22-16-3-2-15-6-9-21-17(15)12-16/h2-6,9,12,14,21H,7-8,10-11,13H2,1H3,(H,22,26). The minimum Gasteiger partial charge on any atom is -0.361 e. The molecule has 3 aromatic rings. The Bertz CT molecular complexity index is 1010. The molecular weight excluding hydrogens is 342 g/mol. The molecule has 1 amide bonds. The summed E-state index contributed by atoms with van der Waals surface area (Å²) in [4.78, 5) is 29.8. The monoisotopic (exact) mass is 365 g/mol. The van der Waals surface area contributed by atoms with Gasteiger partial charge in [0.1, 0.15) is 12.4 Å². The van der Waals surface area contributed by atoms with E-state index >= 15 is 0 Å². The molecule has 27 heavy (non-hydrogen) atoms. The number of hydrogen-bond acceptors (Lipinski definition) is 4. The zero-order chi connectivity index (χ0) is 18.8. The van der Waals surface area contributed by atoms with Crippen molar-refractivity contribution in [1.29, 1.82) is 0 Å². The second-order valence-corrected chi connectivity index (χ2v) is 7.18. The number of carbonyl (C=O) groups is 1. The number of amides is 1. The Morgan fingerprint density at radius 2 is 2.04 bits per heavy atom. The molecule has 0 saturated carbocycles. The molecule has 0 unspecified atom stereocenters. The van der Waals surface area contributed by atoms with Crippen LogP contribution in [-0.4, -0.2) is 33.8 Å². The van der Waals surface area contributed by atoms with Gasteiger partial charge in [-0.3, -0.25) is 9.59 Å². The molecule has 0 spiro atoms. The van der Waals surface area contributed by atoms with Gasteiger partial charge in [-0.15, -0.1) is 0 Å². The molecule has 0 bridgehead atoms. The first-order valence-corrected chi connectivity index (χ1v) is 9.28. The average Bonchev–Trinajstić information content (AvgIpc) is 3.12. The van der Waals surface area contributed by atoms with Gasteiger partial charge in [0.25, 0.3) is 5.56 Å². The number of carbonyl (C=O) groups excluding carboxylic acids is 1. The summed E-state index contributed by atoms with van der Waals surface area (Å²) in [6, 6.07) is 10.8. The van der Waals surface area contributed by atoms with E-state index in [1.165, 1.54) is 10.7 Å². The van der Waals surface area contributed by atoms with Crippen molar-refractivity contribution in [3.63, 3.8) is 0 Å². The van der Waals surface area contributed by atoms with Gasteiger partial charge in [-0.25, -0.2) is 4.68 Å². The van der Waals surface area contributed by atoms with E-state index in [0.717, 1.165) is 48.6 Å². The number of aromatic nitrogens is 3. The maximum absolute atomic E-state index is 12.4. The SMILES string of the molecule is CC1CCN(c2ccc(=O)n(CC(=O)Nc3ccc4cc[nH]c4c3)n2)CC1. The van der Waals surface area contributed by atoms with E-state index < -0.39 is 0 Å². The molecule has 2 aromatic heterocycles. The normalized spacial score (nSPS) is 15.2. The zero-order valence-corrected chi connectivity index (χ0v) is 15.3. The zero-order valence-electron chi connectivity index (χ0n) is 15.3. The number of aromatic amines is 1. The number of H-pyrrole nitrogens is 1. The Hall–Kier alpha value is -3.09. The topological polar surface area (TPSA) is 83.0 Å². The molecule has 1 saturated heterocycles. The molecule has 1 aliphatic rings.